The summed E-state index contributed by atoms with van der Waals surface area (Å²) in [6, 6.07) is 4.79. The highest BCUT2D eigenvalue weighted by Gasteiger charge is 2.23. The van der Waals surface area contributed by atoms with Gasteiger partial charge >= 0.3 is 5.97 Å². The summed E-state index contributed by atoms with van der Waals surface area (Å²) >= 11 is 3.17. The number of carboxylic acid groups (broad SMARTS) is 1. The average molecular weight is 333 g/mol. The molecule has 1 heterocycles. The molecule has 1 fully saturated rings. The van der Waals surface area contributed by atoms with E-state index < -0.39 is 16.8 Å². The van der Waals surface area contributed by atoms with Gasteiger partial charge in [0.2, 0.25) is 0 Å². The molecule has 1 N–H and O–H groups in total. The Morgan fingerprint density at radius 1 is 1.50 bits per heavy atom. The molecule has 6 heteroatoms. The van der Waals surface area contributed by atoms with Crippen LogP contribution in [-0.2, 0) is 15.5 Å². The van der Waals surface area contributed by atoms with Crippen molar-refractivity contribution in [3.63, 3.8) is 0 Å². The number of carbonyl (C=O) groups is 1. The first-order valence-corrected chi connectivity index (χ1v) is 7.61. The quantitative estimate of drug-likeness (QED) is 0.923. The molecular weight excluding hydrogens is 320 g/mol. The second kappa shape index (κ2) is 5.95. The monoisotopic (exact) mass is 332 g/mol. The van der Waals surface area contributed by atoms with Crippen LogP contribution in [0.1, 0.15) is 23.2 Å². The fraction of sp³-hybridized carbons (Fsp3) is 0.417. The maximum Gasteiger partial charge on any atom is 0.336 e. The van der Waals surface area contributed by atoms with E-state index in [1.54, 1.807) is 12.1 Å². The van der Waals surface area contributed by atoms with E-state index in [0.29, 0.717) is 22.6 Å². The standard InChI is InChI=1S/C12H13BrO4S/c13-11-4-3-8(6-10(11)12(14)15)18(16)9-2-1-5-17-7-9/h3-4,6,9H,1-2,5,7H2,(H,14,15). The van der Waals surface area contributed by atoms with Crippen LogP contribution < -0.4 is 0 Å². The van der Waals surface area contributed by atoms with E-state index in [-0.39, 0.29) is 10.8 Å². The number of benzene rings is 1. The van der Waals surface area contributed by atoms with Gasteiger partial charge in [-0.2, -0.15) is 0 Å². The van der Waals surface area contributed by atoms with Crippen molar-refractivity contribution in [2.45, 2.75) is 23.0 Å². The third kappa shape index (κ3) is 2.99. The van der Waals surface area contributed by atoms with E-state index in [2.05, 4.69) is 15.9 Å². The number of halogens is 1. The highest BCUT2D eigenvalue weighted by Crippen LogP contribution is 2.24. The first kappa shape index (κ1) is 13.7. The zero-order valence-corrected chi connectivity index (χ0v) is 12.0. The summed E-state index contributed by atoms with van der Waals surface area (Å²) in [5.74, 6) is -1.03. The number of aromatic carboxylic acids is 1. The van der Waals surface area contributed by atoms with Gasteiger partial charge in [-0.25, -0.2) is 4.79 Å². The fourth-order valence-electron chi connectivity index (χ4n) is 1.87. The lowest BCUT2D eigenvalue weighted by Gasteiger charge is -2.21. The Kier molecular flexibility index (Phi) is 4.53. The highest BCUT2D eigenvalue weighted by atomic mass is 79.9. The van der Waals surface area contributed by atoms with Crippen molar-refractivity contribution in [3.05, 3.63) is 28.2 Å². The molecule has 0 radical (unpaired) electrons. The average Bonchev–Trinajstić information content (AvgIpc) is 2.39. The van der Waals surface area contributed by atoms with Gasteiger partial charge in [0.15, 0.2) is 0 Å². The van der Waals surface area contributed by atoms with E-state index in [1.165, 1.54) is 6.07 Å². The molecular formula is C12H13BrO4S. The lowest BCUT2D eigenvalue weighted by atomic mass is 10.2. The Labute approximate surface area is 116 Å². The van der Waals surface area contributed by atoms with Gasteiger partial charge < -0.3 is 9.84 Å². The van der Waals surface area contributed by atoms with Crippen LogP contribution in [0.4, 0.5) is 0 Å². The predicted molar refractivity (Wildman–Crippen MR) is 71.4 cm³/mol. The molecule has 18 heavy (non-hydrogen) atoms. The lowest BCUT2D eigenvalue weighted by Crippen LogP contribution is -2.27. The van der Waals surface area contributed by atoms with Gasteiger partial charge in [-0.1, -0.05) is 0 Å². The van der Waals surface area contributed by atoms with Crippen molar-refractivity contribution in [3.8, 4) is 0 Å². The van der Waals surface area contributed by atoms with E-state index in [4.69, 9.17) is 9.84 Å². The summed E-state index contributed by atoms with van der Waals surface area (Å²) in [6.45, 7) is 1.19. The van der Waals surface area contributed by atoms with Crippen LogP contribution in [0.2, 0.25) is 0 Å². The molecule has 0 aromatic heterocycles. The van der Waals surface area contributed by atoms with Gasteiger partial charge in [-0.05, 0) is 47.0 Å². The van der Waals surface area contributed by atoms with Gasteiger partial charge in [-0.15, -0.1) is 0 Å². The molecule has 0 saturated carbocycles. The van der Waals surface area contributed by atoms with Crippen LogP contribution in [0, 0.1) is 0 Å². The molecule has 1 aromatic carbocycles. The van der Waals surface area contributed by atoms with Crippen LogP contribution in [-0.4, -0.2) is 33.7 Å². The molecule has 98 valence electrons. The molecule has 2 atom stereocenters. The van der Waals surface area contributed by atoms with E-state index in [1.807, 2.05) is 0 Å². The number of ether oxygens (including phenoxy) is 1. The highest BCUT2D eigenvalue weighted by molar-refractivity contribution is 9.10. The van der Waals surface area contributed by atoms with Crippen molar-refractivity contribution in [1.29, 1.82) is 0 Å². The molecule has 0 aliphatic carbocycles. The lowest BCUT2D eigenvalue weighted by molar-refractivity contribution is 0.0695. The molecule has 0 spiro atoms. The molecule has 0 amide bonds. The Bertz CT molecular complexity index is 483. The third-order valence-electron chi connectivity index (χ3n) is 2.82. The zero-order valence-electron chi connectivity index (χ0n) is 9.60. The van der Waals surface area contributed by atoms with Crippen LogP contribution in [0.25, 0.3) is 0 Å². The minimum absolute atomic E-state index is 0.0402. The molecule has 4 nitrogen and oxygen atoms in total. The molecule has 1 aliphatic rings. The topological polar surface area (TPSA) is 63.6 Å². The smallest absolute Gasteiger partial charge is 0.336 e. The number of carboxylic acids is 1. The molecule has 1 aliphatic heterocycles. The Hall–Kier alpha value is -0.720. The van der Waals surface area contributed by atoms with Crippen LogP contribution >= 0.6 is 15.9 Å². The Morgan fingerprint density at radius 3 is 2.89 bits per heavy atom. The molecule has 2 unspecified atom stereocenters. The van der Waals surface area contributed by atoms with Gasteiger partial charge in [0.1, 0.15) is 0 Å². The van der Waals surface area contributed by atoms with Crippen molar-refractivity contribution in [1.82, 2.24) is 0 Å². The summed E-state index contributed by atoms with van der Waals surface area (Å²) in [4.78, 5) is 11.6. The summed E-state index contributed by atoms with van der Waals surface area (Å²) < 4.78 is 18.1. The van der Waals surface area contributed by atoms with Crippen molar-refractivity contribution < 1.29 is 18.8 Å². The number of hydrogen-bond acceptors (Lipinski definition) is 3. The second-order valence-corrected chi connectivity index (χ2v) is 6.67. The first-order valence-electron chi connectivity index (χ1n) is 5.61. The molecule has 0 bridgehead atoms. The number of hydrogen-bond donors (Lipinski definition) is 1. The first-order chi connectivity index (χ1) is 8.59. The maximum absolute atomic E-state index is 12.3. The summed E-state index contributed by atoms with van der Waals surface area (Å²) in [5, 5.41) is 8.99. The van der Waals surface area contributed by atoms with Gasteiger partial charge in [-0.3, -0.25) is 4.21 Å². The third-order valence-corrected chi connectivity index (χ3v) is 5.21. The fourth-order valence-corrected chi connectivity index (χ4v) is 3.70. The van der Waals surface area contributed by atoms with E-state index >= 15 is 0 Å². The van der Waals surface area contributed by atoms with Crippen molar-refractivity contribution in [2.75, 3.05) is 13.2 Å². The Balaban J connectivity index is 2.24. The molecule has 2 rings (SSSR count). The summed E-state index contributed by atoms with van der Waals surface area (Å²) in [7, 11) is -1.21. The molecule has 1 saturated heterocycles. The minimum Gasteiger partial charge on any atom is -0.478 e. The zero-order chi connectivity index (χ0) is 13.1. The van der Waals surface area contributed by atoms with Gasteiger partial charge in [0, 0.05) is 16.0 Å². The second-order valence-electron chi connectivity index (χ2n) is 4.08. The minimum atomic E-state index is -1.21. The number of rotatable bonds is 3. The normalized spacial score (nSPS) is 21.5. The largest absolute Gasteiger partial charge is 0.478 e. The van der Waals surface area contributed by atoms with Crippen molar-refractivity contribution in [2.24, 2.45) is 0 Å². The SMILES string of the molecule is O=C(O)c1cc(S(=O)C2CCCOC2)ccc1Br. The Morgan fingerprint density at radius 2 is 2.28 bits per heavy atom. The summed E-state index contributed by atoms with van der Waals surface area (Å²) in [6.07, 6.45) is 1.75. The van der Waals surface area contributed by atoms with Crippen LogP contribution in [0.15, 0.2) is 27.6 Å². The predicted octanol–water partition coefficient (Wildman–Crippen LogP) is 2.43. The van der Waals surface area contributed by atoms with E-state index in [9.17, 15) is 9.00 Å². The van der Waals surface area contributed by atoms with Crippen LogP contribution in [0.3, 0.4) is 0 Å². The van der Waals surface area contributed by atoms with E-state index in [0.717, 1.165) is 12.8 Å². The van der Waals surface area contributed by atoms with Gasteiger partial charge in [0.25, 0.3) is 0 Å². The van der Waals surface area contributed by atoms with Crippen molar-refractivity contribution >= 4 is 32.7 Å². The van der Waals surface area contributed by atoms with Gasteiger partial charge in [0.05, 0.1) is 28.2 Å². The van der Waals surface area contributed by atoms with Crippen LogP contribution in [0.5, 0.6) is 0 Å². The molecule has 1 aromatic rings. The summed E-state index contributed by atoms with van der Waals surface area (Å²) in [5.41, 5.74) is 0.137. The maximum atomic E-state index is 12.3.